The van der Waals surface area contributed by atoms with Crippen molar-refractivity contribution in [3.8, 4) is 17.5 Å². The van der Waals surface area contributed by atoms with E-state index in [0.29, 0.717) is 33.5 Å². The highest BCUT2D eigenvalue weighted by atomic mass is 16.2. The van der Waals surface area contributed by atoms with Gasteiger partial charge < -0.3 is 11.1 Å². The molecule has 0 saturated carbocycles. The molecule has 4 aromatic heterocycles. The Morgan fingerprint density at radius 2 is 1.76 bits per heavy atom. The number of fused-ring (bicyclic) bond motifs is 2. The predicted octanol–water partition coefficient (Wildman–Crippen LogP) is 3.55. The fourth-order valence-electron chi connectivity index (χ4n) is 4.81. The summed E-state index contributed by atoms with van der Waals surface area (Å²) >= 11 is 0. The molecular formula is C31H26N8O2. The number of hydrogen-bond donors (Lipinski definition) is 2. The molecule has 4 heterocycles. The van der Waals surface area contributed by atoms with Crippen LogP contribution in [0.5, 0.6) is 0 Å². The Labute approximate surface area is 235 Å². The number of nitrogens with one attached hydrogen (secondary N) is 1. The van der Waals surface area contributed by atoms with E-state index >= 15 is 0 Å². The van der Waals surface area contributed by atoms with Crippen molar-refractivity contribution in [3.63, 3.8) is 0 Å². The summed E-state index contributed by atoms with van der Waals surface area (Å²) in [5, 5.41) is 11.8. The Hall–Kier alpha value is -5.69. The van der Waals surface area contributed by atoms with Gasteiger partial charge in [0.05, 0.1) is 45.6 Å². The first kappa shape index (κ1) is 25.6. The summed E-state index contributed by atoms with van der Waals surface area (Å²) < 4.78 is 4.82. The van der Waals surface area contributed by atoms with Crippen molar-refractivity contribution >= 4 is 28.1 Å². The summed E-state index contributed by atoms with van der Waals surface area (Å²) in [6.07, 6.45) is 3.42. The molecule has 6 rings (SSSR count). The standard InChI is InChI=1S/C31H26N8O2/c1-19(34-30(40)27-25-14-7-8-17-38(25)36-28(27)32)29-35-24-13-9-10-21(15-16-22-18-33-37(3)20(22)2)26(24)31(41)39(29)23-11-5-4-6-12-23/h4-14,17-19H,1-3H3,(H2,32,36)(H,34,40)/t19-/m0/s1. The van der Waals surface area contributed by atoms with Crippen LogP contribution in [0, 0.1) is 18.8 Å². The molecule has 0 aliphatic heterocycles. The van der Waals surface area contributed by atoms with Crippen molar-refractivity contribution in [2.45, 2.75) is 19.9 Å². The van der Waals surface area contributed by atoms with Gasteiger partial charge in [0.1, 0.15) is 11.4 Å². The second-order valence-electron chi connectivity index (χ2n) is 9.65. The van der Waals surface area contributed by atoms with Gasteiger partial charge in [-0.05, 0) is 50.2 Å². The minimum absolute atomic E-state index is 0.111. The van der Waals surface area contributed by atoms with Crippen molar-refractivity contribution in [3.05, 3.63) is 118 Å². The topological polar surface area (TPSA) is 125 Å². The molecule has 0 aliphatic rings. The van der Waals surface area contributed by atoms with Crippen LogP contribution >= 0.6 is 0 Å². The lowest BCUT2D eigenvalue weighted by Crippen LogP contribution is -2.33. The highest BCUT2D eigenvalue weighted by molar-refractivity contribution is 6.05. The molecule has 0 radical (unpaired) electrons. The third-order valence-corrected chi connectivity index (χ3v) is 7.03. The smallest absolute Gasteiger partial charge is 0.267 e. The number of aryl methyl sites for hydroxylation is 1. The number of carbonyl (C=O) groups excluding carboxylic acids is 1. The Balaban J connectivity index is 1.48. The normalized spacial score (nSPS) is 11.8. The predicted molar refractivity (Wildman–Crippen MR) is 157 cm³/mol. The number of nitrogens with two attached hydrogens (primary N) is 1. The quantitative estimate of drug-likeness (QED) is 0.328. The van der Waals surface area contributed by atoms with E-state index in [2.05, 4.69) is 27.4 Å². The highest BCUT2D eigenvalue weighted by Crippen LogP contribution is 2.23. The Bertz CT molecular complexity index is 2080. The zero-order valence-electron chi connectivity index (χ0n) is 22.7. The van der Waals surface area contributed by atoms with Crippen LogP contribution < -0.4 is 16.6 Å². The van der Waals surface area contributed by atoms with Gasteiger partial charge in [0.25, 0.3) is 11.5 Å². The molecule has 2 aromatic carbocycles. The summed E-state index contributed by atoms with van der Waals surface area (Å²) in [4.78, 5) is 32.5. The van der Waals surface area contributed by atoms with E-state index in [1.54, 1.807) is 52.8 Å². The maximum absolute atomic E-state index is 14.2. The number of carbonyl (C=O) groups is 1. The number of pyridine rings is 1. The lowest BCUT2D eigenvalue weighted by atomic mass is 10.1. The van der Waals surface area contributed by atoms with Crippen molar-refractivity contribution < 1.29 is 4.79 Å². The lowest BCUT2D eigenvalue weighted by Gasteiger charge is -2.20. The first-order valence-corrected chi connectivity index (χ1v) is 13.0. The zero-order valence-corrected chi connectivity index (χ0v) is 22.7. The Morgan fingerprint density at radius 3 is 2.51 bits per heavy atom. The maximum atomic E-state index is 14.2. The third kappa shape index (κ3) is 4.49. The second-order valence-corrected chi connectivity index (χ2v) is 9.65. The number of benzene rings is 2. The largest absolute Gasteiger partial charge is 0.382 e. The Kier molecular flexibility index (Phi) is 6.32. The van der Waals surface area contributed by atoms with E-state index in [4.69, 9.17) is 10.7 Å². The second kappa shape index (κ2) is 10.1. The number of rotatable bonds is 4. The van der Waals surface area contributed by atoms with Gasteiger partial charge in [0, 0.05) is 18.8 Å². The molecule has 1 atom stereocenters. The minimum atomic E-state index is -0.661. The first-order chi connectivity index (χ1) is 19.8. The van der Waals surface area contributed by atoms with E-state index in [-0.39, 0.29) is 16.9 Å². The van der Waals surface area contributed by atoms with E-state index in [9.17, 15) is 9.59 Å². The first-order valence-electron chi connectivity index (χ1n) is 13.0. The van der Waals surface area contributed by atoms with Crippen LogP contribution in [0.4, 0.5) is 5.82 Å². The fourth-order valence-corrected chi connectivity index (χ4v) is 4.81. The van der Waals surface area contributed by atoms with Gasteiger partial charge in [-0.15, -0.1) is 5.10 Å². The highest BCUT2D eigenvalue weighted by Gasteiger charge is 2.24. The Morgan fingerprint density at radius 1 is 1.00 bits per heavy atom. The van der Waals surface area contributed by atoms with Crippen molar-refractivity contribution in [1.82, 2.24) is 34.3 Å². The molecule has 202 valence electrons. The van der Waals surface area contributed by atoms with Crippen LogP contribution in [-0.4, -0.2) is 34.9 Å². The minimum Gasteiger partial charge on any atom is -0.382 e. The summed E-state index contributed by atoms with van der Waals surface area (Å²) in [6, 6.07) is 19.3. The van der Waals surface area contributed by atoms with Gasteiger partial charge in [-0.1, -0.05) is 42.2 Å². The maximum Gasteiger partial charge on any atom is 0.267 e. The van der Waals surface area contributed by atoms with E-state index in [1.807, 2.05) is 56.4 Å². The molecule has 0 fully saturated rings. The molecule has 0 aliphatic carbocycles. The molecule has 41 heavy (non-hydrogen) atoms. The number of nitrogen functional groups attached to an aromatic ring is 1. The molecule has 6 aromatic rings. The monoisotopic (exact) mass is 542 g/mol. The molecule has 0 bridgehead atoms. The average Bonchev–Trinajstić information content (AvgIpc) is 3.49. The summed E-state index contributed by atoms with van der Waals surface area (Å²) in [5.74, 6) is 6.35. The SMILES string of the molecule is Cc1c(C#Cc2cccc3nc([C@H](C)NC(=O)c4c(N)nn5ccccc45)n(-c4ccccc4)c(=O)c23)cnn1C. The molecule has 1 amide bonds. The molecule has 0 spiro atoms. The van der Waals surface area contributed by atoms with Gasteiger partial charge >= 0.3 is 0 Å². The van der Waals surface area contributed by atoms with Gasteiger partial charge in [0.15, 0.2) is 5.82 Å². The average molecular weight is 543 g/mol. The third-order valence-electron chi connectivity index (χ3n) is 7.03. The van der Waals surface area contributed by atoms with Crippen LogP contribution in [0.2, 0.25) is 0 Å². The number of para-hydroxylation sites is 1. The zero-order chi connectivity index (χ0) is 28.7. The number of nitrogens with zero attached hydrogens (tertiary/aromatic N) is 6. The van der Waals surface area contributed by atoms with Crippen LogP contribution in [0.25, 0.3) is 22.1 Å². The van der Waals surface area contributed by atoms with E-state index in [1.165, 1.54) is 4.57 Å². The number of anilines is 1. The summed E-state index contributed by atoms with van der Waals surface area (Å²) in [7, 11) is 1.85. The van der Waals surface area contributed by atoms with Crippen LogP contribution in [0.15, 0.2) is 83.9 Å². The summed E-state index contributed by atoms with van der Waals surface area (Å²) in [6.45, 7) is 3.72. The fraction of sp³-hybridized carbons (Fsp3) is 0.129. The van der Waals surface area contributed by atoms with E-state index in [0.717, 1.165) is 11.3 Å². The van der Waals surface area contributed by atoms with Crippen LogP contribution in [0.3, 0.4) is 0 Å². The van der Waals surface area contributed by atoms with Crippen molar-refractivity contribution in [2.24, 2.45) is 7.05 Å². The molecular weight excluding hydrogens is 516 g/mol. The molecule has 3 N–H and O–H groups in total. The number of hydrogen-bond acceptors (Lipinski definition) is 6. The number of aromatic nitrogens is 6. The molecule has 10 heteroatoms. The van der Waals surface area contributed by atoms with Crippen molar-refractivity contribution in [1.29, 1.82) is 0 Å². The molecule has 0 saturated heterocycles. The molecule has 10 nitrogen and oxygen atoms in total. The van der Waals surface area contributed by atoms with Crippen LogP contribution in [-0.2, 0) is 7.05 Å². The van der Waals surface area contributed by atoms with Gasteiger partial charge in [0.2, 0.25) is 0 Å². The van der Waals surface area contributed by atoms with Gasteiger partial charge in [-0.3, -0.25) is 18.8 Å². The van der Waals surface area contributed by atoms with Crippen LogP contribution in [0.1, 0.15) is 46.0 Å². The van der Waals surface area contributed by atoms with Gasteiger partial charge in [-0.2, -0.15) is 5.10 Å². The number of amides is 1. The molecule has 0 unspecified atom stereocenters. The summed E-state index contributed by atoms with van der Waals surface area (Å²) in [5.41, 5.74) is 10.00. The van der Waals surface area contributed by atoms with Crippen molar-refractivity contribution in [2.75, 3.05) is 5.73 Å². The lowest BCUT2D eigenvalue weighted by molar-refractivity contribution is 0.0940. The van der Waals surface area contributed by atoms with E-state index < -0.39 is 11.9 Å². The van der Waals surface area contributed by atoms with Gasteiger partial charge in [-0.25, -0.2) is 9.50 Å².